The highest BCUT2D eigenvalue weighted by molar-refractivity contribution is 5.87. The number of aliphatic imine (C=N–C) groups is 1. The van der Waals surface area contributed by atoms with Gasteiger partial charge in [0.05, 0.1) is 13.2 Å². The Bertz CT molecular complexity index is 170. The van der Waals surface area contributed by atoms with Gasteiger partial charge in [-0.1, -0.05) is 6.92 Å². The molecular formula is C9H17NO3. The van der Waals surface area contributed by atoms with Crippen LogP contribution in [0.2, 0.25) is 0 Å². The van der Waals surface area contributed by atoms with E-state index in [-0.39, 0.29) is 0 Å². The smallest absolute Gasteiger partial charge is 0.436 e. The Morgan fingerprint density at radius 2 is 1.77 bits per heavy atom. The van der Waals surface area contributed by atoms with E-state index in [1.54, 1.807) is 6.92 Å². The molecule has 0 saturated carbocycles. The van der Waals surface area contributed by atoms with Crippen molar-refractivity contribution in [2.45, 2.75) is 33.6 Å². The zero-order valence-electron chi connectivity index (χ0n) is 8.50. The third-order valence-electron chi connectivity index (χ3n) is 1.26. The molecule has 0 spiro atoms. The van der Waals surface area contributed by atoms with Crippen molar-refractivity contribution in [3.63, 3.8) is 0 Å². The van der Waals surface area contributed by atoms with Crippen LogP contribution in [-0.2, 0) is 9.47 Å². The molecule has 0 heterocycles. The standard InChI is InChI=1S/C9H17NO3/c1-4-7-8(12-5-2)10-9(11)13-6-3/h4-7H2,1-3H3/b10-8+. The van der Waals surface area contributed by atoms with Gasteiger partial charge in [0.2, 0.25) is 0 Å². The summed E-state index contributed by atoms with van der Waals surface area (Å²) in [6.07, 6.45) is 1.00. The number of amides is 1. The van der Waals surface area contributed by atoms with Gasteiger partial charge in [-0.15, -0.1) is 4.99 Å². The molecule has 1 amide bonds. The van der Waals surface area contributed by atoms with E-state index in [4.69, 9.17) is 4.74 Å². The highest BCUT2D eigenvalue weighted by Gasteiger charge is 2.03. The fourth-order valence-electron chi connectivity index (χ4n) is 0.798. The van der Waals surface area contributed by atoms with Gasteiger partial charge in [0.1, 0.15) is 0 Å². The Morgan fingerprint density at radius 3 is 2.23 bits per heavy atom. The maximum atomic E-state index is 10.9. The van der Waals surface area contributed by atoms with Gasteiger partial charge in [-0.05, 0) is 20.3 Å². The number of hydrogen-bond acceptors (Lipinski definition) is 3. The van der Waals surface area contributed by atoms with E-state index in [9.17, 15) is 4.79 Å². The second kappa shape index (κ2) is 7.58. The average molecular weight is 187 g/mol. The van der Waals surface area contributed by atoms with Gasteiger partial charge >= 0.3 is 6.09 Å². The van der Waals surface area contributed by atoms with Gasteiger partial charge in [0.25, 0.3) is 0 Å². The normalized spacial score (nSPS) is 11.2. The van der Waals surface area contributed by atoms with E-state index in [2.05, 4.69) is 9.73 Å². The van der Waals surface area contributed by atoms with Crippen molar-refractivity contribution in [1.29, 1.82) is 0 Å². The lowest BCUT2D eigenvalue weighted by atomic mass is 10.3. The van der Waals surface area contributed by atoms with Crippen LogP contribution in [0, 0.1) is 0 Å². The monoisotopic (exact) mass is 187 g/mol. The van der Waals surface area contributed by atoms with Crippen LogP contribution in [0.4, 0.5) is 4.79 Å². The molecule has 0 aromatic rings. The van der Waals surface area contributed by atoms with Crippen LogP contribution in [0.5, 0.6) is 0 Å². The van der Waals surface area contributed by atoms with Crippen LogP contribution < -0.4 is 0 Å². The number of nitrogens with zero attached hydrogens (tertiary/aromatic N) is 1. The summed E-state index contributed by atoms with van der Waals surface area (Å²) in [5.41, 5.74) is 0. The Hall–Kier alpha value is -1.06. The number of rotatable bonds is 4. The van der Waals surface area contributed by atoms with E-state index in [0.29, 0.717) is 25.5 Å². The van der Waals surface area contributed by atoms with Crippen LogP contribution in [0.3, 0.4) is 0 Å². The van der Waals surface area contributed by atoms with Gasteiger partial charge in [0, 0.05) is 6.42 Å². The zero-order chi connectivity index (χ0) is 10.1. The summed E-state index contributed by atoms with van der Waals surface area (Å²) in [4.78, 5) is 14.6. The predicted octanol–water partition coefficient (Wildman–Crippen LogP) is 2.38. The summed E-state index contributed by atoms with van der Waals surface area (Å²) in [5.74, 6) is 0.462. The van der Waals surface area contributed by atoms with Gasteiger partial charge in [-0.25, -0.2) is 4.79 Å². The zero-order valence-corrected chi connectivity index (χ0v) is 8.50. The van der Waals surface area contributed by atoms with E-state index < -0.39 is 6.09 Å². The van der Waals surface area contributed by atoms with Crippen molar-refractivity contribution in [3.8, 4) is 0 Å². The number of carbonyl (C=O) groups excluding carboxylic acids is 1. The summed E-state index contributed by atoms with van der Waals surface area (Å²) < 4.78 is 9.81. The lowest BCUT2D eigenvalue weighted by Gasteiger charge is -2.04. The quantitative estimate of drug-likeness (QED) is 0.501. The van der Waals surface area contributed by atoms with Gasteiger partial charge in [-0.2, -0.15) is 0 Å². The second-order valence-corrected chi connectivity index (χ2v) is 2.39. The van der Waals surface area contributed by atoms with Crippen LogP contribution in [0.1, 0.15) is 33.6 Å². The fraction of sp³-hybridized carbons (Fsp3) is 0.778. The SMILES string of the molecule is CCC/C(=N\C(=O)OCC)OCC. The van der Waals surface area contributed by atoms with Crippen LogP contribution in [-0.4, -0.2) is 25.2 Å². The number of carbonyl (C=O) groups is 1. The minimum absolute atomic E-state index is 0.341. The van der Waals surface area contributed by atoms with Gasteiger partial charge in [0.15, 0.2) is 5.90 Å². The lowest BCUT2D eigenvalue weighted by Crippen LogP contribution is -2.09. The molecule has 0 aliphatic rings. The molecule has 4 nitrogen and oxygen atoms in total. The molecule has 0 bridgehead atoms. The topological polar surface area (TPSA) is 47.9 Å². The second-order valence-electron chi connectivity index (χ2n) is 2.39. The minimum atomic E-state index is -0.570. The molecule has 0 N–H and O–H groups in total. The summed E-state index contributed by atoms with van der Waals surface area (Å²) in [6.45, 7) is 6.47. The summed E-state index contributed by atoms with van der Waals surface area (Å²) >= 11 is 0. The van der Waals surface area contributed by atoms with Crippen molar-refractivity contribution < 1.29 is 14.3 Å². The van der Waals surface area contributed by atoms with Crippen LogP contribution in [0.25, 0.3) is 0 Å². The molecule has 0 fully saturated rings. The molecule has 0 radical (unpaired) electrons. The molecule has 4 heteroatoms. The summed E-state index contributed by atoms with van der Waals surface area (Å²) in [7, 11) is 0. The average Bonchev–Trinajstić information content (AvgIpc) is 2.05. The van der Waals surface area contributed by atoms with E-state index in [1.165, 1.54) is 0 Å². The Labute approximate surface area is 78.9 Å². The molecule has 0 rings (SSSR count). The van der Waals surface area contributed by atoms with Crippen LogP contribution in [0.15, 0.2) is 4.99 Å². The summed E-state index contributed by atoms with van der Waals surface area (Å²) in [5, 5.41) is 0. The minimum Gasteiger partial charge on any atom is -0.481 e. The van der Waals surface area contributed by atoms with Crippen molar-refractivity contribution in [3.05, 3.63) is 0 Å². The first-order chi connectivity index (χ1) is 6.24. The molecule has 0 unspecified atom stereocenters. The van der Waals surface area contributed by atoms with Crippen molar-refractivity contribution >= 4 is 12.0 Å². The molecule has 0 aromatic heterocycles. The van der Waals surface area contributed by atoms with Crippen molar-refractivity contribution in [1.82, 2.24) is 0 Å². The van der Waals surface area contributed by atoms with Gasteiger partial charge < -0.3 is 9.47 Å². The maximum absolute atomic E-state index is 10.9. The van der Waals surface area contributed by atoms with Crippen LogP contribution >= 0.6 is 0 Å². The number of ether oxygens (including phenoxy) is 2. The fourth-order valence-corrected chi connectivity index (χ4v) is 0.798. The van der Waals surface area contributed by atoms with E-state index in [1.807, 2.05) is 13.8 Å². The van der Waals surface area contributed by atoms with E-state index >= 15 is 0 Å². The Morgan fingerprint density at radius 1 is 1.15 bits per heavy atom. The molecular weight excluding hydrogens is 170 g/mol. The molecule has 0 aromatic carbocycles. The Kier molecular flexibility index (Phi) is 6.96. The third kappa shape index (κ3) is 6.13. The highest BCUT2D eigenvalue weighted by Crippen LogP contribution is 1.96. The van der Waals surface area contributed by atoms with E-state index in [0.717, 1.165) is 6.42 Å². The first-order valence-electron chi connectivity index (χ1n) is 4.61. The van der Waals surface area contributed by atoms with Crippen molar-refractivity contribution in [2.75, 3.05) is 13.2 Å². The molecule has 0 atom stereocenters. The number of hydrogen-bond donors (Lipinski definition) is 0. The predicted molar refractivity (Wildman–Crippen MR) is 51.0 cm³/mol. The molecule has 0 aliphatic heterocycles. The molecule has 13 heavy (non-hydrogen) atoms. The third-order valence-corrected chi connectivity index (χ3v) is 1.26. The largest absolute Gasteiger partial charge is 0.481 e. The highest BCUT2D eigenvalue weighted by atomic mass is 16.6. The first-order valence-corrected chi connectivity index (χ1v) is 4.61. The molecule has 76 valence electrons. The molecule has 0 aliphatic carbocycles. The maximum Gasteiger partial charge on any atom is 0.436 e. The summed E-state index contributed by atoms with van der Waals surface area (Å²) in [6, 6.07) is 0. The lowest BCUT2D eigenvalue weighted by molar-refractivity contribution is 0.162. The van der Waals surface area contributed by atoms with Gasteiger partial charge in [-0.3, -0.25) is 0 Å². The Balaban J connectivity index is 4.07. The van der Waals surface area contributed by atoms with Crippen molar-refractivity contribution in [2.24, 2.45) is 4.99 Å². The first kappa shape index (κ1) is 11.9. The molecule has 0 saturated heterocycles.